The van der Waals surface area contributed by atoms with Crippen LogP contribution in [0.4, 0.5) is 4.39 Å². The van der Waals surface area contributed by atoms with Crippen LogP contribution in [0.5, 0.6) is 0 Å². The fourth-order valence-corrected chi connectivity index (χ4v) is 2.28. The average molecular weight is 246 g/mol. The molecule has 3 rings (SSSR count). The Labute approximate surface area is 105 Å². The van der Waals surface area contributed by atoms with Crippen LogP contribution >= 0.6 is 0 Å². The van der Waals surface area contributed by atoms with Gasteiger partial charge in [-0.3, -0.25) is 0 Å². The average Bonchev–Trinajstić information content (AvgIpc) is 3.04. The van der Waals surface area contributed by atoms with E-state index in [-0.39, 0.29) is 11.4 Å². The predicted octanol–water partition coefficient (Wildman–Crippen LogP) is 2.90. The van der Waals surface area contributed by atoms with Crippen molar-refractivity contribution < 1.29 is 8.91 Å². The van der Waals surface area contributed by atoms with Crippen LogP contribution in [0.25, 0.3) is 0 Å². The van der Waals surface area contributed by atoms with Crippen LogP contribution in [0.3, 0.4) is 0 Å². The Morgan fingerprint density at radius 3 is 2.78 bits per heavy atom. The minimum atomic E-state index is -0.210. The summed E-state index contributed by atoms with van der Waals surface area (Å²) in [6.07, 6.45) is 1.93. The lowest BCUT2D eigenvalue weighted by Crippen LogP contribution is -2.29. The largest absolute Gasteiger partial charge is 0.361 e. The molecule has 4 heteroatoms. The molecule has 18 heavy (non-hydrogen) atoms. The maximum Gasteiger partial charge on any atom is 0.133 e. The first-order valence-electron chi connectivity index (χ1n) is 6.12. The van der Waals surface area contributed by atoms with Crippen molar-refractivity contribution in [2.45, 2.75) is 31.8 Å². The van der Waals surface area contributed by atoms with Gasteiger partial charge >= 0.3 is 0 Å². The zero-order valence-electron chi connectivity index (χ0n) is 10.2. The van der Waals surface area contributed by atoms with Crippen LogP contribution in [0, 0.1) is 12.7 Å². The summed E-state index contributed by atoms with van der Waals surface area (Å²) in [6.45, 7) is 2.46. The zero-order valence-corrected chi connectivity index (χ0v) is 10.2. The lowest BCUT2D eigenvalue weighted by Gasteiger charge is -2.17. The van der Waals surface area contributed by atoms with Crippen molar-refractivity contribution in [2.24, 2.45) is 0 Å². The van der Waals surface area contributed by atoms with Crippen molar-refractivity contribution >= 4 is 0 Å². The summed E-state index contributed by atoms with van der Waals surface area (Å²) in [6, 6.07) is 8.85. The van der Waals surface area contributed by atoms with Gasteiger partial charge in [0.15, 0.2) is 0 Å². The molecule has 3 nitrogen and oxygen atoms in total. The van der Waals surface area contributed by atoms with Crippen molar-refractivity contribution in [3.05, 3.63) is 53.2 Å². The zero-order chi connectivity index (χ0) is 12.6. The Balaban J connectivity index is 1.74. The van der Waals surface area contributed by atoms with E-state index in [1.807, 2.05) is 25.1 Å². The summed E-state index contributed by atoms with van der Waals surface area (Å²) < 4.78 is 18.8. The van der Waals surface area contributed by atoms with Gasteiger partial charge in [0, 0.05) is 23.7 Å². The number of hydrogen-bond acceptors (Lipinski definition) is 3. The number of aromatic nitrogens is 1. The van der Waals surface area contributed by atoms with Crippen LogP contribution in [-0.4, -0.2) is 5.16 Å². The summed E-state index contributed by atoms with van der Waals surface area (Å²) >= 11 is 0. The van der Waals surface area contributed by atoms with Crippen molar-refractivity contribution in [1.29, 1.82) is 0 Å². The number of rotatable bonds is 4. The Morgan fingerprint density at radius 2 is 2.17 bits per heavy atom. The van der Waals surface area contributed by atoms with Gasteiger partial charge in [0.1, 0.15) is 11.6 Å². The third-order valence-electron chi connectivity index (χ3n) is 3.42. The number of nitrogens with zero attached hydrogens (tertiary/aromatic N) is 1. The topological polar surface area (TPSA) is 38.1 Å². The van der Waals surface area contributed by atoms with E-state index in [4.69, 9.17) is 4.52 Å². The quantitative estimate of drug-likeness (QED) is 0.901. The Hall–Kier alpha value is -1.68. The standard InChI is InChI=1S/C14H15FN2O/c1-10-8-11(17-18-10)9-16-14(6-7-14)12-4-2-3-5-13(12)15/h2-5,8,16H,6-7,9H2,1H3. The van der Waals surface area contributed by atoms with Crippen molar-refractivity contribution in [2.75, 3.05) is 0 Å². The lowest BCUT2D eigenvalue weighted by molar-refractivity contribution is 0.383. The van der Waals surface area contributed by atoms with Gasteiger partial charge in [-0.05, 0) is 25.8 Å². The molecule has 1 heterocycles. The summed E-state index contributed by atoms with van der Waals surface area (Å²) in [7, 11) is 0. The maximum absolute atomic E-state index is 13.8. The first kappa shape index (κ1) is 11.4. The molecule has 0 spiro atoms. The Kier molecular flexibility index (Phi) is 2.67. The highest BCUT2D eigenvalue weighted by Crippen LogP contribution is 2.46. The molecule has 1 aliphatic rings. The lowest BCUT2D eigenvalue weighted by atomic mass is 10.0. The van der Waals surface area contributed by atoms with Crippen LogP contribution in [-0.2, 0) is 12.1 Å². The molecule has 0 aliphatic heterocycles. The minimum absolute atomic E-state index is 0.140. The Bertz CT molecular complexity index is 560. The predicted molar refractivity (Wildman–Crippen MR) is 65.4 cm³/mol. The molecule has 2 aromatic rings. The third kappa shape index (κ3) is 2.04. The fourth-order valence-electron chi connectivity index (χ4n) is 2.28. The van der Waals surface area contributed by atoms with E-state index in [9.17, 15) is 4.39 Å². The second-order valence-corrected chi connectivity index (χ2v) is 4.84. The van der Waals surface area contributed by atoms with Gasteiger partial charge in [-0.1, -0.05) is 23.4 Å². The van der Waals surface area contributed by atoms with Gasteiger partial charge in [0.25, 0.3) is 0 Å². The number of halogens is 1. The number of nitrogens with one attached hydrogen (secondary N) is 1. The highest BCUT2D eigenvalue weighted by atomic mass is 19.1. The second kappa shape index (κ2) is 4.21. The van der Waals surface area contributed by atoms with Crippen molar-refractivity contribution in [3.63, 3.8) is 0 Å². The first-order chi connectivity index (χ1) is 8.70. The van der Waals surface area contributed by atoms with Gasteiger partial charge in [0.2, 0.25) is 0 Å². The molecule has 94 valence electrons. The summed E-state index contributed by atoms with van der Waals surface area (Å²) in [5.41, 5.74) is 1.40. The summed E-state index contributed by atoms with van der Waals surface area (Å²) in [5.74, 6) is 0.654. The molecule has 0 amide bonds. The van der Waals surface area contributed by atoms with E-state index in [1.165, 1.54) is 6.07 Å². The van der Waals surface area contributed by atoms with E-state index in [1.54, 1.807) is 6.07 Å². The van der Waals surface area contributed by atoms with E-state index < -0.39 is 0 Å². The van der Waals surface area contributed by atoms with Gasteiger partial charge in [-0.2, -0.15) is 0 Å². The highest BCUT2D eigenvalue weighted by molar-refractivity contribution is 5.31. The maximum atomic E-state index is 13.8. The highest BCUT2D eigenvalue weighted by Gasteiger charge is 2.45. The summed E-state index contributed by atoms with van der Waals surface area (Å²) in [5, 5.41) is 7.33. The van der Waals surface area contributed by atoms with Gasteiger partial charge in [-0.15, -0.1) is 0 Å². The molecule has 1 aliphatic carbocycles. The molecule has 1 N–H and O–H groups in total. The first-order valence-corrected chi connectivity index (χ1v) is 6.12. The minimum Gasteiger partial charge on any atom is -0.361 e. The molecule has 0 saturated heterocycles. The fraction of sp³-hybridized carbons (Fsp3) is 0.357. The molecule has 1 aromatic carbocycles. The van der Waals surface area contributed by atoms with Crippen LogP contribution in [0.1, 0.15) is 29.9 Å². The molecule has 1 fully saturated rings. The van der Waals surface area contributed by atoms with E-state index in [2.05, 4.69) is 10.5 Å². The number of aryl methyl sites for hydroxylation is 1. The molecule has 0 atom stereocenters. The van der Waals surface area contributed by atoms with Crippen molar-refractivity contribution in [3.8, 4) is 0 Å². The Morgan fingerprint density at radius 1 is 1.39 bits per heavy atom. The van der Waals surface area contributed by atoms with Crippen molar-refractivity contribution in [1.82, 2.24) is 10.5 Å². The molecule has 1 aromatic heterocycles. The van der Waals surface area contributed by atoms with Crippen LogP contribution in [0.15, 0.2) is 34.9 Å². The number of benzene rings is 1. The van der Waals surface area contributed by atoms with Gasteiger partial charge in [0.05, 0.1) is 5.69 Å². The molecule has 0 bridgehead atoms. The smallest absolute Gasteiger partial charge is 0.133 e. The van der Waals surface area contributed by atoms with Gasteiger partial charge < -0.3 is 9.84 Å². The molecule has 0 radical (unpaired) electrons. The molecular formula is C14H15FN2O. The van der Waals surface area contributed by atoms with E-state index in [0.717, 1.165) is 29.9 Å². The molecule has 0 unspecified atom stereocenters. The monoisotopic (exact) mass is 246 g/mol. The van der Waals surface area contributed by atoms with Crippen LogP contribution < -0.4 is 5.32 Å². The SMILES string of the molecule is Cc1cc(CNC2(c3ccccc3F)CC2)no1. The third-order valence-corrected chi connectivity index (χ3v) is 3.42. The normalized spacial score (nSPS) is 16.8. The van der Waals surface area contributed by atoms with Crippen LogP contribution in [0.2, 0.25) is 0 Å². The van der Waals surface area contributed by atoms with E-state index >= 15 is 0 Å². The second-order valence-electron chi connectivity index (χ2n) is 4.84. The summed E-state index contributed by atoms with van der Waals surface area (Å²) in [4.78, 5) is 0. The van der Waals surface area contributed by atoms with Gasteiger partial charge in [-0.25, -0.2) is 4.39 Å². The van der Waals surface area contributed by atoms with E-state index in [0.29, 0.717) is 6.54 Å². The number of hydrogen-bond donors (Lipinski definition) is 1. The molecule has 1 saturated carbocycles. The molecular weight excluding hydrogens is 231 g/mol.